The average molecular weight is 486 g/mol. The van der Waals surface area contributed by atoms with Crippen molar-refractivity contribution in [1.82, 2.24) is 0 Å². The topological polar surface area (TPSA) is 145 Å². The fourth-order valence-electron chi connectivity index (χ4n) is 2.67. The molecule has 2 aromatic rings. The van der Waals surface area contributed by atoms with Crippen LogP contribution >= 0.6 is 11.6 Å². The number of carbonyl (C=O) groups is 2. The van der Waals surface area contributed by atoms with E-state index in [0.29, 0.717) is 4.31 Å². The molecule has 0 radical (unpaired) electrons. The molecule has 0 spiro atoms. The molecule has 2 aromatic carbocycles. The second kappa shape index (κ2) is 10.3. The van der Waals surface area contributed by atoms with Crippen molar-refractivity contribution in [3.8, 4) is 5.75 Å². The molecule has 1 amide bonds. The first-order chi connectivity index (χ1) is 15.0. The fourth-order valence-corrected chi connectivity index (χ4v) is 3.78. The summed E-state index contributed by atoms with van der Waals surface area (Å²) >= 11 is 6.07. The third-order valence-electron chi connectivity index (χ3n) is 4.08. The molecule has 13 heteroatoms. The van der Waals surface area contributed by atoms with Crippen LogP contribution in [0.2, 0.25) is 5.02 Å². The highest BCUT2D eigenvalue weighted by atomic mass is 35.5. The molecule has 0 saturated heterocycles. The van der Waals surface area contributed by atoms with E-state index in [0.717, 1.165) is 18.4 Å². The molecule has 172 valence electrons. The maximum Gasteiger partial charge on any atom is 0.339 e. The van der Waals surface area contributed by atoms with E-state index in [9.17, 15) is 28.1 Å². The van der Waals surface area contributed by atoms with Gasteiger partial charge in [-0.15, -0.1) is 0 Å². The molecule has 0 aromatic heterocycles. The summed E-state index contributed by atoms with van der Waals surface area (Å²) in [6.07, 6.45) is 0.851. The minimum Gasteiger partial charge on any atom is -0.495 e. The number of non-ortho nitro benzene ring substituents is 1. The smallest absolute Gasteiger partial charge is 0.339 e. The van der Waals surface area contributed by atoms with Gasteiger partial charge in [-0.3, -0.25) is 19.2 Å². The molecule has 0 bridgehead atoms. The van der Waals surface area contributed by atoms with E-state index in [-0.39, 0.29) is 40.0 Å². The van der Waals surface area contributed by atoms with Crippen molar-refractivity contribution in [2.24, 2.45) is 0 Å². The largest absolute Gasteiger partial charge is 0.495 e. The summed E-state index contributed by atoms with van der Waals surface area (Å²) in [5.74, 6) is -1.36. The second-order valence-corrected chi connectivity index (χ2v) is 8.66. The van der Waals surface area contributed by atoms with Gasteiger partial charge in [0.05, 0.1) is 35.5 Å². The number of amides is 1. The van der Waals surface area contributed by atoms with E-state index in [4.69, 9.17) is 21.1 Å². The van der Waals surface area contributed by atoms with Gasteiger partial charge in [-0.2, -0.15) is 0 Å². The van der Waals surface area contributed by atoms with Crippen molar-refractivity contribution < 1.29 is 32.4 Å². The standard InChI is InChI=1S/C19H20ClN3O8S/c1-4-31-19(25)14-7-5-12(9-15(14)20)21-18(24)11-22(32(3,28)29)16-10-13(23(26)27)6-8-17(16)30-2/h5-10H,4,11H2,1-3H3,(H,21,24). The van der Waals surface area contributed by atoms with E-state index < -0.39 is 33.4 Å². The van der Waals surface area contributed by atoms with E-state index in [1.807, 2.05) is 0 Å². The lowest BCUT2D eigenvalue weighted by molar-refractivity contribution is -0.384. The monoisotopic (exact) mass is 485 g/mol. The number of halogens is 1. The van der Waals surface area contributed by atoms with Gasteiger partial charge in [0.15, 0.2) is 0 Å². The number of ether oxygens (including phenoxy) is 2. The normalized spacial score (nSPS) is 10.9. The number of rotatable bonds is 9. The predicted octanol–water partition coefficient (Wildman–Crippen LogP) is 2.84. The van der Waals surface area contributed by atoms with Gasteiger partial charge in [-0.25, -0.2) is 13.2 Å². The molecule has 0 aliphatic heterocycles. The van der Waals surface area contributed by atoms with Gasteiger partial charge in [0.2, 0.25) is 15.9 Å². The summed E-state index contributed by atoms with van der Waals surface area (Å²) in [7, 11) is -2.77. The second-order valence-electron chi connectivity index (χ2n) is 6.35. The molecule has 2 rings (SSSR count). The number of anilines is 2. The maximum absolute atomic E-state index is 12.6. The summed E-state index contributed by atoms with van der Waals surface area (Å²) in [5, 5.41) is 13.6. The highest BCUT2D eigenvalue weighted by Crippen LogP contribution is 2.33. The number of nitro benzene ring substituents is 1. The van der Waals surface area contributed by atoms with Crippen LogP contribution in [0, 0.1) is 10.1 Å². The molecule has 0 unspecified atom stereocenters. The Hall–Kier alpha value is -3.38. The lowest BCUT2D eigenvalue weighted by atomic mass is 10.2. The Morgan fingerprint density at radius 2 is 1.91 bits per heavy atom. The summed E-state index contributed by atoms with van der Waals surface area (Å²) in [6, 6.07) is 7.44. The van der Waals surface area contributed by atoms with Crippen LogP contribution in [0.25, 0.3) is 0 Å². The van der Waals surface area contributed by atoms with Crippen LogP contribution in [-0.2, 0) is 19.6 Å². The number of hydrogen-bond acceptors (Lipinski definition) is 8. The molecule has 0 saturated carbocycles. The Morgan fingerprint density at radius 3 is 2.44 bits per heavy atom. The zero-order valence-electron chi connectivity index (χ0n) is 17.3. The number of nitrogens with one attached hydrogen (secondary N) is 1. The number of carbonyl (C=O) groups excluding carboxylic acids is 2. The van der Waals surface area contributed by atoms with Crippen LogP contribution in [0.1, 0.15) is 17.3 Å². The molecular weight excluding hydrogens is 466 g/mol. The first-order valence-corrected chi connectivity index (χ1v) is 11.3. The molecule has 32 heavy (non-hydrogen) atoms. The van der Waals surface area contributed by atoms with Crippen LogP contribution in [0.5, 0.6) is 5.75 Å². The quantitative estimate of drug-likeness (QED) is 0.324. The lowest BCUT2D eigenvalue weighted by Crippen LogP contribution is -2.37. The van der Waals surface area contributed by atoms with Crippen LogP contribution in [0.15, 0.2) is 36.4 Å². The number of sulfonamides is 1. The lowest BCUT2D eigenvalue weighted by Gasteiger charge is -2.23. The molecule has 11 nitrogen and oxygen atoms in total. The summed E-state index contributed by atoms with van der Waals surface area (Å²) < 4.78 is 35.4. The first-order valence-electron chi connectivity index (χ1n) is 9.04. The number of hydrogen-bond donors (Lipinski definition) is 1. The number of benzene rings is 2. The van der Waals surface area contributed by atoms with Gasteiger partial charge in [-0.05, 0) is 31.2 Å². The zero-order chi connectivity index (χ0) is 24.1. The van der Waals surface area contributed by atoms with Gasteiger partial charge < -0.3 is 14.8 Å². The van der Waals surface area contributed by atoms with E-state index in [1.165, 1.54) is 31.4 Å². The fraction of sp³-hybridized carbons (Fsp3) is 0.263. The van der Waals surface area contributed by atoms with Gasteiger partial charge in [0.1, 0.15) is 18.0 Å². The third-order valence-corrected chi connectivity index (χ3v) is 5.52. The van der Waals surface area contributed by atoms with Crippen LogP contribution in [-0.4, -0.2) is 51.7 Å². The van der Waals surface area contributed by atoms with Gasteiger partial charge >= 0.3 is 5.97 Å². The van der Waals surface area contributed by atoms with E-state index >= 15 is 0 Å². The molecule has 1 N–H and O–H groups in total. The molecule has 0 atom stereocenters. The highest BCUT2D eigenvalue weighted by Gasteiger charge is 2.26. The molecule has 0 fully saturated rings. The Kier molecular flexibility index (Phi) is 8.00. The number of nitrogens with zero attached hydrogens (tertiary/aromatic N) is 2. The number of methoxy groups -OCH3 is 1. The maximum atomic E-state index is 12.6. The van der Waals surface area contributed by atoms with Crippen molar-refractivity contribution in [1.29, 1.82) is 0 Å². The van der Waals surface area contributed by atoms with E-state index in [2.05, 4.69) is 5.32 Å². The Labute approximate surface area is 189 Å². The van der Waals surface area contributed by atoms with Crippen molar-refractivity contribution in [2.75, 3.05) is 36.1 Å². The van der Waals surface area contributed by atoms with Crippen molar-refractivity contribution >= 4 is 50.6 Å². The zero-order valence-corrected chi connectivity index (χ0v) is 18.9. The third kappa shape index (κ3) is 6.08. The van der Waals surface area contributed by atoms with Gasteiger partial charge in [0.25, 0.3) is 5.69 Å². The van der Waals surface area contributed by atoms with Gasteiger partial charge in [0, 0.05) is 17.8 Å². The Morgan fingerprint density at radius 1 is 1.22 bits per heavy atom. The van der Waals surface area contributed by atoms with Crippen LogP contribution in [0.4, 0.5) is 17.1 Å². The molecule has 0 heterocycles. The Bertz CT molecular complexity index is 1150. The molecular formula is C19H20ClN3O8S. The summed E-state index contributed by atoms with van der Waals surface area (Å²) in [4.78, 5) is 34.8. The van der Waals surface area contributed by atoms with Gasteiger partial charge in [-0.1, -0.05) is 11.6 Å². The van der Waals surface area contributed by atoms with Crippen molar-refractivity contribution in [2.45, 2.75) is 6.92 Å². The first kappa shape index (κ1) is 24.9. The summed E-state index contributed by atoms with van der Waals surface area (Å²) in [6.45, 7) is 1.11. The van der Waals surface area contributed by atoms with Crippen LogP contribution < -0.4 is 14.4 Å². The van der Waals surface area contributed by atoms with Crippen LogP contribution in [0.3, 0.4) is 0 Å². The Balaban J connectivity index is 2.31. The predicted molar refractivity (Wildman–Crippen MR) is 118 cm³/mol. The van der Waals surface area contributed by atoms with E-state index in [1.54, 1.807) is 6.92 Å². The minimum absolute atomic E-state index is 0.0238. The minimum atomic E-state index is -4.03. The molecule has 0 aliphatic rings. The highest BCUT2D eigenvalue weighted by molar-refractivity contribution is 7.92. The number of esters is 1. The average Bonchev–Trinajstić information content (AvgIpc) is 2.70. The summed E-state index contributed by atoms with van der Waals surface area (Å²) in [5.41, 5.74) is -0.246. The van der Waals surface area contributed by atoms with Crippen molar-refractivity contribution in [3.05, 3.63) is 57.1 Å². The molecule has 0 aliphatic carbocycles. The number of nitro groups is 1. The SMILES string of the molecule is CCOC(=O)c1ccc(NC(=O)CN(c2cc([N+](=O)[O-])ccc2OC)S(C)(=O)=O)cc1Cl. The van der Waals surface area contributed by atoms with Crippen molar-refractivity contribution in [3.63, 3.8) is 0 Å².